The number of benzene rings is 1. The largest absolute Gasteiger partial charge is 0.326 e. The zero-order valence-corrected chi connectivity index (χ0v) is 10.2. The van der Waals surface area contributed by atoms with E-state index in [1.165, 1.54) is 0 Å². The molecule has 2 aromatic rings. The smallest absolute Gasteiger partial charge is 0.274 e. The van der Waals surface area contributed by atoms with Gasteiger partial charge in [0.05, 0.1) is 0 Å². The fraction of sp³-hybridized carbons (Fsp3) is 0.143. The summed E-state index contributed by atoms with van der Waals surface area (Å²) in [5, 5.41) is 2.79. The van der Waals surface area contributed by atoms with Crippen LogP contribution in [0.5, 0.6) is 0 Å². The Balaban J connectivity index is 2.14. The third-order valence-electron chi connectivity index (χ3n) is 2.60. The Morgan fingerprint density at radius 2 is 2.00 bits per heavy atom. The average molecular weight is 241 g/mol. The monoisotopic (exact) mass is 241 g/mol. The molecule has 0 radical (unpaired) electrons. The lowest BCUT2D eigenvalue weighted by Crippen LogP contribution is -2.14. The number of aryl methyl sites for hydroxylation is 1. The molecule has 0 bridgehead atoms. The van der Waals surface area contributed by atoms with Gasteiger partial charge in [0.1, 0.15) is 5.69 Å². The molecule has 1 heterocycles. The van der Waals surface area contributed by atoms with Gasteiger partial charge in [0.25, 0.3) is 5.91 Å². The van der Waals surface area contributed by atoms with Crippen LogP contribution < -0.4 is 11.1 Å². The van der Waals surface area contributed by atoms with Crippen molar-refractivity contribution < 1.29 is 4.79 Å². The Kier molecular flexibility index (Phi) is 3.69. The average Bonchev–Trinajstić information content (AvgIpc) is 2.41. The fourth-order valence-electron chi connectivity index (χ4n) is 1.56. The van der Waals surface area contributed by atoms with E-state index in [0.717, 1.165) is 16.8 Å². The number of nitrogens with zero attached hydrogens (tertiary/aromatic N) is 1. The molecule has 4 nitrogen and oxygen atoms in total. The number of carbonyl (C=O) groups is 1. The molecular weight excluding hydrogens is 226 g/mol. The zero-order valence-electron chi connectivity index (χ0n) is 10.2. The topological polar surface area (TPSA) is 68.0 Å². The number of amides is 1. The van der Waals surface area contributed by atoms with Crippen LogP contribution in [0.3, 0.4) is 0 Å². The van der Waals surface area contributed by atoms with E-state index in [1.807, 2.05) is 31.2 Å². The number of aromatic nitrogens is 1. The van der Waals surface area contributed by atoms with Crippen molar-refractivity contribution in [3.63, 3.8) is 0 Å². The molecule has 0 aliphatic heterocycles. The molecule has 92 valence electrons. The van der Waals surface area contributed by atoms with E-state index < -0.39 is 0 Å². The molecule has 3 N–H and O–H groups in total. The first-order valence-electron chi connectivity index (χ1n) is 5.72. The first kappa shape index (κ1) is 12.3. The van der Waals surface area contributed by atoms with Crippen LogP contribution in [-0.2, 0) is 6.54 Å². The van der Waals surface area contributed by atoms with Gasteiger partial charge in [-0.25, -0.2) is 0 Å². The fourth-order valence-corrected chi connectivity index (χ4v) is 1.56. The minimum atomic E-state index is -0.228. The highest BCUT2D eigenvalue weighted by atomic mass is 16.1. The third-order valence-corrected chi connectivity index (χ3v) is 2.60. The lowest BCUT2D eigenvalue weighted by atomic mass is 10.2. The summed E-state index contributed by atoms with van der Waals surface area (Å²) in [7, 11) is 0. The van der Waals surface area contributed by atoms with Crippen LogP contribution in [0.4, 0.5) is 5.69 Å². The van der Waals surface area contributed by atoms with Crippen LogP contribution >= 0.6 is 0 Å². The summed E-state index contributed by atoms with van der Waals surface area (Å²) in [5.41, 5.74) is 8.69. The van der Waals surface area contributed by atoms with E-state index >= 15 is 0 Å². The second-order valence-electron chi connectivity index (χ2n) is 4.07. The van der Waals surface area contributed by atoms with Gasteiger partial charge in [0.15, 0.2) is 0 Å². The molecule has 0 saturated heterocycles. The molecule has 0 fully saturated rings. The highest BCUT2D eigenvalue weighted by Crippen LogP contribution is 2.10. The van der Waals surface area contributed by atoms with Crippen LogP contribution in [0.2, 0.25) is 0 Å². The number of carbonyl (C=O) groups excluding carboxylic acids is 1. The summed E-state index contributed by atoms with van der Waals surface area (Å²) in [4.78, 5) is 16.0. The number of pyridine rings is 1. The first-order chi connectivity index (χ1) is 8.69. The molecule has 4 heteroatoms. The molecule has 0 atom stereocenters. The van der Waals surface area contributed by atoms with Crippen molar-refractivity contribution in [3.05, 3.63) is 59.4 Å². The van der Waals surface area contributed by atoms with Gasteiger partial charge >= 0.3 is 0 Å². The SMILES string of the molecule is Cc1ccc(NC(=O)c2cc(CN)ccn2)cc1. The van der Waals surface area contributed by atoms with E-state index in [9.17, 15) is 4.79 Å². The van der Waals surface area contributed by atoms with Crippen LogP contribution in [-0.4, -0.2) is 10.9 Å². The highest BCUT2D eigenvalue weighted by Gasteiger charge is 2.07. The Morgan fingerprint density at radius 1 is 1.28 bits per heavy atom. The van der Waals surface area contributed by atoms with Gasteiger partial charge < -0.3 is 11.1 Å². The van der Waals surface area contributed by atoms with E-state index in [-0.39, 0.29) is 5.91 Å². The second kappa shape index (κ2) is 5.42. The van der Waals surface area contributed by atoms with Crippen molar-refractivity contribution in [2.75, 3.05) is 5.32 Å². The maximum absolute atomic E-state index is 12.0. The summed E-state index contributed by atoms with van der Waals surface area (Å²) < 4.78 is 0. The molecular formula is C14H15N3O. The number of anilines is 1. The van der Waals surface area contributed by atoms with E-state index in [2.05, 4.69) is 10.3 Å². The van der Waals surface area contributed by atoms with Crippen LogP contribution in [0.1, 0.15) is 21.6 Å². The standard InChI is InChI=1S/C14H15N3O/c1-10-2-4-12(5-3-10)17-14(18)13-8-11(9-15)6-7-16-13/h2-8H,9,15H2,1H3,(H,17,18). The lowest BCUT2D eigenvalue weighted by molar-refractivity contribution is 0.102. The van der Waals surface area contributed by atoms with Crippen LogP contribution in [0.25, 0.3) is 0 Å². The Hall–Kier alpha value is -2.20. The number of hydrogen-bond donors (Lipinski definition) is 2. The van der Waals surface area contributed by atoms with Crippen molar-refractivity contribution in [2.24, 2.45) is 5.73 Å². The highest BCUT2D eigenvalue weighted by molar-refractivity contribution is 6.02. The van der Waals surface area contributed by atoms with Crippen molar-refractivity contribution in [2.45, 2.75) is 13.5 Å². The summed E-state index contributed by atoms with van der Waals surface area (Å²) in [6, 6.07) is 11.1. The number of nitrogens with two attached hydrogens (primary N) is 1. The van der Waals surface area contributed by atoms with Crippen molar-refractivity contribution >= 4 is 11.6 Å². The van der Waals surface area contributed by atoms with Gasteiger partial charge in [-0.3, -0.25) is 9.78 Å². The maximum Gasteiger partial charge on any atom is 0.274 e. The predicted octanol–water partition coefficient (Wildman–Crippen LogP) is 2.10. The molecule has 0 aliphatic carbocycles. The number of nitrogens with one attached hydrogen (secondary N) is 1. The predicted molar refractivity (Wildman–Crippen MR) is 71.3 cm³/mol. The van der Waals surface area contributed by atoms with Crippen molar-refractivity contribution in [1.29, 1.82) is 0 Å². The maximum atomic E-state index is 12.0. The Morgan fingerprint density at radius 3 is 2.67 bits per heavy atom. The molecule has 1 aromatic heterocycles. The lowest BCUT2D eigenvalue weighted by Gasteiger charge is -2.05. The summed E-state index contributed by atoms with van der Waals surface area (Å²) in [6.45, 7) is 2.39. The zero-order chi connectivity index (χ0) is 13.0. The minimum Gasteiger partial charge on any atom is -0.326 e. The van der Waals surface area contributed by atoms with Gasteiger partial charge in [0.2, 0.25) is 0 Å². The molecule has 0 aliphatic rings. The van der Waals surface area contributed by atoms with Gasteiger partial charge in [-0.15, -0.1) is 0 Å². The second-order valence-corrected chi connectivity index (χ2v) is 4.07. The minimum absolute atomic E-state index is 0.228. The van der Waals surface area contributed by atoms with E-state index in [0.29, 0.717) is 12.2 Å². The van der Waals surface area contributed by atoms with Gasteiger partial charge in [-0.2, -0.15) is 0 Å². The van der Waals surface area contributed by atoms with E-state index in [1.54, 1.807) is 18.3 Å². The molecule has 0 spiro atoms. The Labute approximate surface area is 106 Å². The number of hydrogen-bond acceptors (Lipinski definition) is 3. The number of rotatable bonds is 3. The van der Waals surface area contributed by atoms with Crippen LogP contribution in [0.15, 0.2) is 42.6 Å². The quantitative estimate of drug-likeness (QED) is 0.864. The van der Waals surface area contributed by atoms with Gasteiger partial charge in [0, 0.05) is 18.4 Å². The molecule has 0 unspecified atom stereocenters. The van der Waals surface area contributed by atoms with Crippen molar-refractivity contribution in [3.8, 4) is 0 Å². The van der Waals surface area contributed by atoms with Gasteiger partial charge in [-0.05, 0) is 36.8 Å². The summed E-state index contributed by atoms with van der Waals surface area (Å²) in [6.07, 6.45) is 1.59. The molecule has 0 saturated carbocycles. The Bertz CT molecular complexity index is 549. The van der Waals surface area contributed by atoms with Crippen molar-refractivity contribution in [1.82, 2.24) is 4.98 Å². The molecule has 1 aromatic carbocycles. The normalized spacial score (nSPS) is 10.1. The molecule has 18 heavy (non-hydrogen) atoms. The third kappa shape index (κ3) is 2.93. The first-order valence-corrected chi connectivity index (χ1v) is 5.72. The summed E-state index contributed by atoms with van der Waals surface area (Å²) >= 11 is 0. The summed E-state index contributed by atoms with van der Waals surface area (Å²) in [5.74, 6) is -0.228. The van der Waals surface area contributed by atoms with E-state index in [4.69, 9.17) is 5.73 Å². The molecule has 1 amide bonds. The van der Waals surface area contributed by atoms with Crippen LogP contribution in [0, 0.1) is 6.92 Å². The molecule has 2 rings (SSSR count). The van der Waals surface area contributed by atoms with Gasteiger partial charge in [-0.1, -0.05) is 17.7 Å².